The van der Waals surface area contributed by atoms with Gasteiger partial charge in [0, 0.05) is 13.1 Å². The summed E-state index contributed by atoms with van der Waals surface area (Å²) in [7, 11) is 1.58. The normalized spacial score (nSPS) is 15.1. The number of amides is 3. The number of anilines is 1. The van der Waals surface area contributed by atoms with Crippen molar-refractivity contribution in [3.05, 3.63) is 60.2 Å². The van der Waals surface area contributed by atoms with Crippen LogP contribution < -0.4 is 15.0 Å². The van der Waals surface area contributed by atoms with Gasteiger partial charge in [-0.25, -0.2) is 4.79 Å². The molecule has 1 unspecified atom stereocenters. The molecule has 1 heterocycles. The second-order valence-corrected chi connectivity index (χ2v) is 6.23. The van der Waals surface area contributed by atoms with Crippen LogP contribution in [0.1, 0.15) is 18.5 Å². The molecule has 2 aromatic rings. The Bertz CT molecular complexity index is 779. The highest BCUT2D eigenvalue weighted by molar-refractivity contribution is 5.97. The summed E-state index contributed by atoms with van der Waals surface area (Å²) in [5.74, 6) is 0.474. The molecule has 0 radical (unpaired) electrons. The van der Waals surface area contributed by atoms with E-state index >= 15 is 0 Å². The predicted octanol–water partition coefficient (Wildman–Crippen LogP) is 2.81. The van der Waals surface area contributed by atoms with E-state index in [1.54, 1.807) is 16.9 Å². The molecule has 6 nitrogen and oxygen atoms in total. The Balaban J connectivity index is 1.61. The first-order valence-electron chi connectivity index (χ1n) is 8.64. The summed E-state index contributed by atoms with van der Waals surface area (Å²) < 4.78 is 5.33. The molecule has 1 fully saturated rings. The van der Waals surface area contributed by atoms with E-state index in [2.05, 4.69) is 5.32 Å². The number of nitrogens with one attached hydrogen (secondary N) is 1. The van der Waals surface area contributed by atoms with E-state index in [9.17, 15) is 9.59 Å². The molecule has 136 valence electrons. The van der Waals surface area contributed by atoms with Gasteiger partial charge in [-0.1, -0.05) is 42.5 Å². The summed E-state index contributed by atoms with van der Waals surface area (Å²) in [5, 5.41) is 2.94. The van der Waals surface area contributed by atoms with E-state index in [1.165, 1.54) is 0 Å². The van der Waals surface area contributed by atoms with Crippen molar-refractivity contribution in [3.8, 4) is 5.75 Å². The Labute approximate surface area is 153 Å². The van der Waals surface area contributed by atoms with Crippen molar-refractivity contribution in [1.82, 2.24) is 10.2 Å². The molecule has 0 spiro atoms. The lowest BCUT2D eigenvalue weighted by Gasteiger charge is -2.21. The number of para-hydroxylation sites is 2. The van der Waals surface area contributed by atoms with Gasteiger partial charge in [-0.05, 0) is 24.6 Å². The zero-order chi connectivity index (χ0) is 18.5. The largest absolute Gasteiger partial charge is 0.495 e. The first-order chi connectivity index (χ1) is 12.6. The monoisotopic (exact) mass is 353 g/mol. The number of nitrogens with zero attached hydrogens (tertiary/aromatic N) is 2. The fourth-order valence-electron chi connectivity index (χ4n) is 3.09. The molecule has 1 atom stereocenters. The molecule has 0 bridgehead atoms. The number of carbonyl (C=O) groups is 2. The van der Waals surface area contributed by atoms with Crippen LogP contribution in [0, 0.1) is 0 Å². The van der Waals surface area contributed by atoms with Crippen LogP contribution in [0.25, 0.3) is 0 Å². The van der Waals surface area contributed by atoms with Gasteiger partial charge in [0.2, 0.25) is 5.91 Å². The van der Waals surface area contributed by atoms with E-state index in [0.717, 1.165) is 11.3 Å². The number of hydrogen-bond donors (Lipinski definition) is 1. The minimum absolute atomic E-state index is 0.0433. The van der Waals surface area contributed by atoms with Crippen LogP contribution in [-0.4, -0.2) is 43.6 Å². The van der Waals surface area contributed by atoms with Gasteiger partial charge < -0.3 is 15.0 Å². The summed E-state index contributed by atoms with van der Waals surface area (Å²) in [4.78, 5) is 28.2. The predicted molar refractivity (Wildman–Crippen MR) is 100 cm³/mol. The molecule has 1 aliphatic heterocycles. The summed E-state index contributed by atoms with van der Waals surface area (Å²) in [6.45, 7) is 3.01. The number of ether oxygens (including phenoxy) is 1. The molecule has 26 heavy (non-hydrogen) atoms. The first kappa shape index (κ1) is 17.8. The van der Waals surface area contributed by atoms with Crippen molar-refractivity contribution in [2.75, 3.05) is 31.6 Å². The third kappa shape index (κ3) is 3.79. The number of carbonyl (C=O) groups excluding carboxylic acids is 2. The van der Waals surface area contributed by atoms with Crippen LogP contribution in [0.5, 0.6) is 5.75 Å². The molecule has 3 rings (SSSR count). The number of urea groups is 1. The zero-order valence-corrected chi connectivity index (χ0v) is 15.0. The third-order valence-corrected chi connectivity index (χ3v) is 4.48. The van der Waals surface area contributed by atoms with Gasteiger partial charge in [0.15, 0.2) is 0 Å². The van der Waals surface area contributed by atoms with E-state index in [-0.39, 0.29) is 24.5 Å². The molecule has 0 aliphatic carbocycles. The lowest BCUT2D eigenvalue weighted by Crippen LogP contribution is -2.40. The summed E-state index contributed by atoms with van der Waals surface area (Å²) in [5.41, 5.74) is 1.75. The van der Waals surface area contributed by atoms with Crippen molar-refractivity contribution in [1.29, 1.82) is 0 Å². The van der Waals surface area contributed by atoms with Crippen molar-refractivity contribution in [2.24, 2.45) is 0 Å². The minimum Gasteiger partial charge on any atom is -0.495 e. The lowest BCUT2D eigenvalue weighted by molar-refractivity contribution is -0.122. The van der Waals surface area contributed by atoms with E-state index in [0.29, 0.717) is 18.8 Å². The van der Waals surface area contributed by atoms with Gasteiger partial charge in [-0.15, -0.1) is 0 Å². The molecular formula is C20H23N3O3. The van der Waals surface area contributed by atoms with Crippen LogP contribution in [0.4, 0.5) is 10.5 Å². The van der Waals surface area contributed by atoms with E-state index in [1.807, 2.05) is 61.5 Å². The van der Waals surface area contributed by atoms with Gasteiger partial charge in [-0.3, -0.25) is 9.69 Å². The van der Waals surface area contributed by atoms with Crippen molar-refractivity contribution in [3.63, 3.8) is 0 Å². The SMILES string of the molecule is COc1ccccc1N1CCN(CC(=O)NC(C)c2ccccc2)C1=O. The van der Waals surface area contributed by atoms with Gasteiger partial charge in [0.05, 0.1) is 18.8 Å². The summed E-state index contributed by atoms with van der Waals surface area (Å²) in [6, 6.07) is 16.8. The van der Waals surface area contributed by atoms with Crippen molar-refractivity contribution in [2.45, 2.75) is 13.0 Å². The summed E-state index contributed by atoms with van der Waals surface area (Å²) in [6.07, 6.45) is 0. The maximum absolute atomic E-state index is 12.7. The van der Waals surface area contributed by atoms with Crippen LogP contribution in [0.3, 0.4) is 0 Å². The number of hydrogen-bond acceptors (Lipinski definition) is 3. The van der Waals surface area contributed by atoms with Gasteiger partial charge >= 0.3 is 6.03 Å². The van der Waals surface area contributed by atoms with Gasteiger partial charge in [0.1, 0.15) is 12.3 Å². The number of rotatable bonds is 6. The molecule has 2 aromatic carbocycles. The molecule has 1 saturated heterocycles. The van der Waals surface area contributed by atoms with Crippen LogP contribution in [0.15, 0.2) is 54.6 Å². The maximum Gasteiger partial charge on any atom is 0.325 e. The third-order valence-electron chi connectivity index (χ3n) is 4.48. The number of methoxy groups -OCH3 is 1. The highest BCUT2D eigenvalue weighted by Gasteiger charge is 2.32. The average molecular weight is 353 g/mol. The minimum atomic E-state index is -0.183. The Morgan fingerprint density at radius 2 is 1.81 bits per heavy atom. The Hall–Kier alpha value is -3.02. The smallest absolute Gasteiger partial charge is 0.325 e. The molecule has 1 aliphatic rings. The lowest BCUT2D eigenvalue weighted by atomic mass is 10.1. The Kier molecular flexibility index (Phi) is 5.41. The van der Waals surface area contributed by atoms with Gasteiger partial charge in [-0.2, -0.15) is 0 Å². The van der Waals surface area contributed by atoms with Crippen LogP contribution in [0.2, 0.25) is 0 Å². The Morgan fingerprint density at radius 1 is 1.12 bits per heavy atom. The van der Waals surface area contributed by atoms with Crippen LogP contribution >= 0.6 is 0 Å². The second kappa shape index (κ2) is 7.91. The molecule has 1 N–H and O–H groups in total. The highest BCUT2D eigenvalue weighted by Crippen LogP contribution is 2.30. The van der Waals surface area contributed by atoms with E-state index in [4.69, 9.17) is 4.74 Å². The molecule has 0 aromatic heterocycles. The fourth-order valence-corrected chi connectivity index (χ4v) is 3.09. The maximum atomic E-state index is 12.7. The first-order valence-corrected chi connectivity index (χ1v) is 8.64. The molecule has 6 heteroatoms. The standard InChI is InChI=1S/C20H23N3O3/c1-15(16-8-4-3-5-9-16)21-19(24)14-22-12-13-23(20(22)25)17-10-6-7-11-18(17)26-2/h3-11,15H,12-14H2,1-2H3,(H,21,24). The topological polar surface area (TPSA) is 61.9 Å². The summed E-state index contributed by atoms with van der Waals surface area (Å²) >= 11 is 0. The number of benzene rings is 2. The highest BCUT2D eigenvalue weighted by atomic mass is 16.5. The average Bonchev–Trinajstić information content (AvgIpc) is 3.02. The van der Waals surface area contributed by atoms with Crippen molar-refractivity contribution < 1.29 is 14.3 Å². The van der Waals surface area contributed by atoms with E-state index < -0.39 is 0 Å². The molecular weight excluding hydrogens is 330 g/mol. The molecule has 0 saturated carbocycles. The second-order valence-electron chi connectivity index (χ2n) is 6.23. The van der Waals surface area contributed by atoms with Crippen LogP contribution in [-0.2, 0) is 4.79 Å². The van der Waals surface area contributed by atoms with Gasteiger partial charge in [0.25, 0.3) is 0 Å². The quantitative estimate of drug-likeness (QED) is 0.869. The van der Waals surface area contributed by atoms with Crippen molar-refractivity contribution >= 4 is 17.6 Å². The fraction of sp³-hybridized carbons (Fsp3) is 0.300. The molecule has 3 amide bonds. The zero-order valence-electron chi connectivity index (χ0n) is 15.0. The Morgan fingerprint density at radius 3 is 2.54 bits per heavy atom.